The molecule has 1 atom stereocenters. The van der Waals surface area contributed by atoms with Gasteiger partial charge in [0.25, 0.3) is 10.0 Å². The third-order valence-electron chi connectivity index (χ3n) is 6.38. The highest BCUT2D eigenvalue weighted by molar-refractivity contribution is 7.90. The number of sulfonamides is 1. The molecular formula is C28H27N5O6S. The van der Waals surface area contributed by atoms with Crippen LogP contribution in [0.2, 0.25) is 0 Å². The first-order valence-electron chi connectivity index (χ1n) is 12.3. The van der Waals surface area contributed by atoms with Crippen LogP contribution >= 0.6 is 0 Å². The molecule has 1 aliphatic heterocycles. The van der Waals surface area contributed by atoms with Gasteiger partial charge in [0, 0.05) is 49.6 Å². The first kappa shape index (κ1) is 26.8. The number of aryl methyl sites for hydroxylation is 1. The maximum atomic E-state index is 13.6. The zero-order chi connectivity index (χ0) is 28.3. The summed E-state index contributed by atoms with van der Waals surface area (Å²) in [4.78, 5) is 28.0. The van der Waals surface area contributed by atoms with Gasteiger partial charge in [-0.3, -0.25) is 9.48 Å². The van der Waals surface area contributed by atoms with E-state index >= 15 is 0 Å². The second kappa shape index (κ2) is 11.1. The second-order valence-corrected chi connectivity index (χ2v) is 10.8. The summed E-state index contributed by atoms with van der Waals surface area (Å²) < 4.78 is 41.0. The third kappa shape index (κ3) is 5.76. The molecule has 11 nitrogen and oxygen atoms in total. The third-order valence-corrected chi connectivity index (χ3v) is 7.77. The lowest BCUT2D eigenvalue weighted by Crippen LogP contribution is -2.52. The molecule has 0 unspecified atom stereocenters. The number of benzene rings is 3. The lowest BCUT2D eigenvalue weighted by atomic mass is 10.0. The van der Waals surface area contributed by atoms with E-state index in [-0.39, 0.29) is 18.1 Å². The van der Waals surface area contributed by atoms with Gasteiger partial charge >= 0.3 is 6.03 Å². The van der Waals surface area contributed by atoms with Crippen LogP contribution in [0.3, 0.4) is 0 Å². The summed E-state index contributed by atoms with van der Waals surface area (Å²) in [5, 5.41) is 6.67. The van der Waals surface area contributed by atoms with Crippen molar-refractivity contribution >= 4 is 27.6 Å². The monoisotopic (exact) mass is 561 g/mol. The summed E-state index contributed by atoms with van der Waals surface area (Å²) >= 11 is 0. The largest absolute Gasteiger partial charge is 0.454 e. The van der Waals surface area contributed by atoms with E-state index in [9.17, 15) is 18.0 Å². The van der Waals surface area contributed by atoms with Gasteiger partial charge in [0.05, 0.1) is 11.1 Å². The Labute approximate surface area is 231 Å². The smallest absolute Gasteiger partial charge is 0.329 e. The number of aromatic nitrogens is 2. The van der Waals surface area contributed by atoms with E-state index in [2.05, 4.69) is 15.1 Å². The van der Waals surface area contributed by atoms with E-state index in [1.54, 1.807) is 61.4 Å². The number of carbonyl (C=O) groups is 2. The summed E-state index contributed by atoms with van der Waals surface area (Å²) in [5.41, 5.74) is 2.26. The standard InChI is InChI=1S/C28H27N5O6S/c1-32-17-20(16-29-32)22-10-6-7-11-26(22)40(36,37)31-28(35)30-23(14-19-8-4-3-5-9-19)27(34)33(2)21-12-13-24-25(15-21)39-18-38-24/h3-13,15-17,23H,14,18H2,1-2H3,(H2,30,31,35)/t23-/m0/s1. The quantitative estimate of drug-likeness (QED) is 0.338. The van der Waals surface area contributed by atoms with E-state index < -0.39 is 28.0 Å². The van der Waals surface area contributed by atoms with Crippen molar-refractivity contribution in [1.82, 2.24) is 19.8 Å². The highest BCUT2D eigenvalue weighted by atomic mass is 32.2. The molecule has 2 heterocycles. The number of nitrogens with one attached hydrogen (secondary N) is 2. The number of fused-ring (bicyclic) bond motifs is 1. The minimum atomic E-state index is -4.31. The molecule has 206 valence electrons. The molecule has 12 heteroatoms. The Morgan fingerprint density at radius 3 is 2.50 bits per heavy atom. The average molecular weight is 562 g/mol. The van der Waals surface area contributed by atoms with Crippen molar-refractivity contribution in [2.24, 2.45) is 7.05 Å². The van der Waals surface area contributed by atoms with Gasteiger partial charge in [-0.05, 0) is 23.8 Å². The number of urea groups is 1. The van der Waals surface area contributed by atoms with Gasteiger partial charge in [-0.25, -0.2) is 17.9 Å². The first-order valence-corrected chi connectivity index (χ1v) is 13.8. The van der Waals surface area contributed by atoms with Crippen LogP contribution in [-0.4, -0.2) is 50.0 Å². The van der Waals surface area contributed by atoms with Gasteiger partial charge in [0.15, 0.2) is 11.5 Å². The number of ether oxygens (including phenoxy) is 2. The predicted molar refractivity (Wildman–Crippen MR) is 147 cm³/mol. The lowest BCUT2D eigenvalue weighted by molar-refractivity contribution is -0.120. The Kier molecular flexibility index (Phi) is 7.43. The fraction of sp³-hybridized carbons (Fsp3) is 0.179. The zero-order valence-corrected chi connectivity index (χ0v) is 22.6. The molecule has 0 radical (unpaired) electrons. The van der Waals surface area contributed by atoms with Crippen molar-refractivity contribution in [2.45, 2.75) is 17.4 Å². The summed E-state index contributed by atoms with van der Waals surface area (Å²) in [6.07, 6.45) is 3.35. The highest BCUT2D eigenvalue weighted by Crippen LogP contribution is 2.35. The van der Waals surface area contributed by atoms with Crippen LogP contribution in [0.4, 0.5) is 10.5 Å². The Morgan fingerprint density at radius 1 is 1.02 bits per heavy atom. The Morgan fingerprint density at radius 2 is 1.75 bits per heavy atom. The van der Waals surface area contributed by atoms with E-state index in [0.717, 1.165) is 5.56 Å². The molecular weight excluding hydrogens is 534 g/mol. The Hall–Kier alpha value is -4.84. The summed E-state index contributed by atoms with van der Waals surface area (Å²) in [5.74, 6) is 0.617. The van der Waals surface area contributed by atoms with Gasteiger partial charge in [0.1, 0.15) is 6.04 Å². The van der Waals surface area contributed by atoms with Gasteiger partial charge in [-0.15, -0.1) is 0 Å². The Balaban J connectivity index is 1.37. The van der Waals surface area contributed by atoms with E-state index in [4.69, 9.17) is 9.47 Å². The molecule has 0 spiro atoms. The van der Waals surface area contributed by atoms with Crippen molar-refractivity contribution in [1.29, 1.82) is 0 Å². The topological polar surface area (TPSA) is 132 Å². The van der Waals surface area contributed by atoms with E-state index in [0.29, 0.717) is 28.3 Å². The number of amides is 3. The summed E-state index contributed by atoms with van der Waals surface area (Å²) in [6.45, 7) is 0.0905. The van der Waals surface area contributed by atoms with Crippen molar-refractivity contribution in [3.05, 3.63) is 90.8 Å². The summed E-state index contributed by atoms with van der Waals surface area (Å²) in [7, 11) is -1.02. The Bertz CT molecular complexity index is 1650. The number of nitrogens with zero attached hydrogens (tertiary/aromatic N) is 3. The molecule has 0 fully saturated rings. The van der Waals surface area contributed by atoms with Crippen LogP contribution in [0.1, 0.15) is 5.56 Å². The minimum Gasteiger partial charge on any atom is -0.454 e. The first-order chi connectivity index (χ1) is 19.2. The molecule has 0 aliphatic carbocycles. The SMILES string of the molecule is CN(C(=O)[C@H](Cc1ccccc1)NC(=O)NS(=O)(=O)c1ccccc1-c1cnn(C)c1)c1ccc2c(c1)OCO2. The number of rotatable bonds is 8. The number of carbonyl (C=O) groups excluding carboxylic acids is 2. The van der Waals surface area contributed by atoms with Crippen molar-refractivity contribution in [2.75, 3.05) is 18.7 Å². The van der Waals surface area contributed by atoms with Crippen molar-refractivity contribution in [3.8, 4) is 22.6 Å². The summed E-state index contributed by atoms with van der Waals surface area (Å²) in [6, 6.07) is 18.4. The van der Waals surface area contributed by atoms with Gasteiger partial charge < -0.3 is 19.7 Å². The van der Waals surface area contributed by atoms with Crippen LogP contribution in [0.5, 0.6) is 11.5 Å². The number of anilines is 1. The second-order valence-electron chi connectivity index (χ2n) is 9.15. The molecule has 0 bridgehead atoms. The van der Waals surface area contributed by atoms with Crippen LogP contribution in [0.25, 0.3) is 11.1 Å². The van der Waals surface area contributed by atoms with E-state index in [1.165, 1.54) is 17.2 Å². The molecule has 5 rings (SSSR count). The van der Waals surface area contributed by atoms with Crippen LogP contribution < -0.4 is 24.4 Å². The van der Waals surface area contributed by atoms with Gasteiger partial charge in [0.2, 0.25) is 12.7 Å². The highest BCUT2D eigenvalue weighted by Gasteiger charge is 2.29. The van der Waals surface area contributed by atoms with Gasteiger partial charge in [-0.2, -0.15) is 5.10 Å². The zero-order valence-electron chi connectivity index (χ0n) is 21.8. The predicted octanol–water partition coefficient (Wildman–Crippen LogP) is 3.08. The number of likely N-dealkylation sites (N-methyl/N-ethyl adjacent to an activating group) is 1. The molecule has 0 saturated carbocycles. The fourth-order valence-electron chi connectivity index (χ4n) is 4.37. The van der Waals surface area contributed by atoms with Crippen LogP contribution in [0.15, 0.2) is 90.1 Å². The molecule has 40 heavy (non-hydrogen) atoms. The molecule has 3 aromatic carbocycles. The molecule has 4 aromatic rings. The van der Waals surface area contributed by atoms with E-state index in [1.807, 2.05) is 30.3 Å². The molecule has 1 aliphatic rings. The van der Waals surface area contributed by atoms with Crippen molar-refractivity contribution < 1.29 is 27.5 Å². The molecule has 0 saturated heterocycles. The average Bonchev–Trinajstić information content (AvgIpc) is 3.60. The number of hydrogen-bond donors (Lipinski definition) is 2. The molecule has 3 amide bonds. The minimum absolute atomic E-state index is 0.0905. The lowest BCUT2D eigenvalue weighted by Gasteiger charge is -2.25. The van der Waals surface area contributed by atoms with Crippen LogP contribution in [0, 0.1) is 0 Å². The molecule has 2 N–H and O–H groups in total. The molecule has 1 aromatic heterocycles. The number of hydrogen-bond acceptors (Lipinski definition) is 7. The maximum absolute atomic E-state index is 13.6. The maximum Gasteiger partial charge on any atom is 0.329 e. The fourth-order valence-corrected chi connectivity index (χ4v) is 5.52. The van der Waals surface area contributed by atoms with Gasteiger partial charge in [-0.1, -0.05) is 48.5 Å². The van der Waals surface area contributed by atoms with Crippen LogP contribution in [-0.2, 0) is 28.3 Å². The normalized spacial score (nSPS) is 12.9. The van der Waals surface area contributed by atoms with Crippen molar-refractivity contribution in [3.63, 3.8) is 0 Å².